The fourth-order valence-corrected chi connectivity index (χ4v) is 2.31. The van der Waals surface area contributed by atoms with Gasteiger partial charge in [-0.2, -0.15) is 0 Å². The highest BCUT2D eigenvalue weighted by Crippen LogP contribution is 2.18. The second-order valence-electron chi connectivity index (χ2n) is 5.78. The summed E-state index contributed by atoms with van der Waals surface area (Å²) in [4.78, 5) is 2.31. The highest BCUT2D eigenvalue weighted by molar-refractivity contribution is 5.47. The minimum Gasteiger partial charge on any atom is -0.467 e. The molecule has 0 unspecified atom stereocenters. The van der Waals surface area contributed by atoms with Crippen molar-refractivity contribution in [3.8, 4) is 0 Å². The summed E-state index contributed by atoms with van der Waals surface area (Å²) in [5.41, 5.74) is 2.56. The molecule has 1 aromatic heterocycles. The van der Waals surface area contributed by atoms with Crippen molar-refractivity contribution < 1.29 is 4.42 Å². The zero-order valence-electron chi connectivity index (χ0n) is 13.3. The van der Waals surface area contributed by atoms with Gasteiger partial charge in [-0.15, -0.1) is 0 Å². The van der Waals surface area contributed by atoms with Gasteiger partial charge in [-0.3, -0.25) is 0 Å². The molecule has 0 saturated heterocycles. The van der Waals surface area contributed by atoms with Gasteiger partial charge in [-0.05, 0) is 49.2 Å². The fraction of sp³-hybridized carbons (Fsp3) is 0.444. The molecule has 1 N–H and O–H groups in total. The molecule has 2 rings (SSSR count). The Morgan fingerprint density at radius 2 is 1.90 bits per heavy atom. The minimum absolute atomic E-state index is 0.688. The van der Waals surface area contributed by atoms with Crippen LogP contribution < -0.4 is 10.2 Å². The third-order valence-corrected chi connectivity index (χ3v) is 3.49. The predicted octanol–water partition coefficient (Wildman–Crippen LogP) is 4.05. The average molecular weight is 286 g/mol. The second-order valence-corrected chi connectivity index (χ2v) is 5.78. The lowest BCUT2D eigenvalue weighted by Crippen LogP contribution is -2.22. The first-order valence-electron chi connectivity index (χ1n) is 7.76. The van der Waals surface area contributed by atoms with Gasteiger partial charge in [0.25, 0.3) is 0 Å². The molecule has 0 radical (unpaired) electrons. The van der Waals surface area contributed by atoms with E-state index in [2.05, 4.69) is 55.3 Å². The molecular formula is C18H26N2O. The van der Waals surface area contributed by atoms with E-state index in [0.29, 0.717) is 5.92 Å². The van der Waals surface area contributed by atoms with Gasteiger partial charge in [0, 0.05) is 18.8 Å². The smallest absolute Gasteiger partial charge is 0.123 e. The van der Waals surface area contributed by atoms with Crippen molar-refractivity contribution in [2.75, 3.05) is 18.0 Å². The van der Waals surface area contributed by atoms with E-state index in [1.807, 2.05) is 12.1 Å². The lowest BCUT2D eigenvalue weighted by Gasteiger charge is -2.22. The van der Waals surface area contributed by atoms with Crippen LogP contribution in [0.2, 0.25) is 0 Å². The summed E-state index contributed by atoms with van der Waals surface area (Å²) in [7, 11) is 0. The topological polar surface area (TPSA) is 28.4 Å². The first-order chi connectivity index (χ1) is 10.2. The van der Waals surface area contributed by atoms with Crippen molar-refractivity contribution in [1.29, 1.82) is 0 Å². The van der Waals surface area contributed by atoms with Crippen LogP contribution in [-0.4, -0.2) is 13.1 Å². The maximum Gasteiger partial charge on any atom is 0.123 e. The molecule has 0 saturated carbocycles. The molecule has 0 amide bonds. The van der Waals surface area contributed by atoms with E-state index in [9.17, 15) is 0 Å². The Morgan fingerprint density at radius 3 is 2.48 bits per heavy atom. The summed E-state index contributed by atoms with van der Waals surface area (Å²) < 4.78 is 5.43. The summed E-state index contributed by atoms with van der Waals surface area (Å²) in [6.07, 6.45) is 1.73. The third kappa shape index (κ3) is 4.94. The number of hydrogen-bond acceptors (Lipinski definition) is 3. The van der Waals surface area contributed by atoms with Crippen LogP contribution in [0.3, 0.4) is 0 Å². The lowest BCUT2D eigenvalue weighted by atomic mass is 10.1. The molecule has 0 spiro atoms. The second kappa shape index (κ2) is 7.89. The van der Waals surface area contributed by atoms with E-state index in [1.54, 1.807) is 6.26 Å². The van der Waals surface area contributed by atoms with Crippen LogP contribution in [0.15, 0.2) is 47.1 Å². The minimum atomic E-state index is 0.688. The van der Waals surface area contributed by atoms with Crippen LogP contribution in [0, 0.1) is 5.92 Å². The van der Waals surface area contributed by atoms with Gasteiger partial charge in [0.1, 0.15) is 5.76 Å². The maximum absolute atomic E-state index is 5.43. The zero-order valence-corrected chi connectivity index (χ0v) is 13.3. The quantitative estimate of drug-likeness (QED) is 0.793. The molecule has 0 aliphatic heterocycles. The average Bonchev–Trinajstić information content (AvgIpc) is 2.98. The highest BCUT2D eigenvalue weighted by Gasteiger charge is 2.07. The van der Waals surface area contributed by atoms with Crippen molar-refractivity contribution in [2.45, 2.75) is 33.9 Å². The summed E-state index contributed by atoms with van der Waals surface area (Å²) in [6.45, 7) is 10.4. The number of anilines is 1. The molecule has 0 aliphatic carbocycles. The molecule has 0 bridgehead atoms. The number of nitrogens with one attached hydrogen (secondary N) is 1. The largest absolute Gasteiger partial charge is 0.467 e. The van der Waals surface area contributed by atoms with Gasteiger partial charge in [0.2, 0.25) is 0 Å². The molecule has 114 valence electrons. The van der Waals surface area contributed by atoms with E-state index in [4.69, 9.17) is 4.42 Å². The van der Waals surface area contributed by atoms with Gasteiger partial charge >= 0.3 is 0 Å². The Hall–Kier alpha value is -1.74. The van der Waals surface area contributed by atoms with Gasteiger partial charge in [0.05, 0.1) is 12.8 Å². The predicted molar refractivity (Wildman–Crippen MR) is 88.4 cm³/mol. The lowest BCUT2D eigenvalue weighted by molar-refractivity contribution is 0.503. The highest BCUT2D eigenvalue weighted by atomic mass is 16.3. The first-order valence-corrected chi connectivity index (χ1v) is 7.76. The first kappa shape index (κ1) is 15.6. The van der Waals surface area contributed by atoms with E-state index < -0.39 is 0 Å². The number of nitrogens with zero attached hydrogens (tertiary/aromatic N) is 1. The molecule has 1 heterocycles. The normalized spacial score (nSPS) is 11.0. The fourth-order valence-electron chi connectivity index (χ4n) is 2.31. The molecule has 0 atom stereocenters. The van der Waals surface area contributed by atoms with E-state index in [-0.39, 0.29) is 0 Å². The van der Waals surface area contributed by atoms with Crippen molar-refractivity contribution >= 4 is 5.69 Å². The van der Waals surface area contributed by atoms with Crippen LogP contribution in [-0.2, 0) is 13.1 Å². The monoisotopic (exact) mass is 286 g/mol. The number of furan rings is 1. The molecule has 2 aromatic rings. The third-order valence-electron chi connectivity index (χ3n) is 3.49. The Labute approximate surface area is 128 Å². The summed E-state index contributed by atoms with van der Waals surface area (Å²) in [5, 5.41) is 3.47. The van der Waals surface area contributed by atoms with E-state index >= 15 is 0 Å². The van der Waals surface area contributed by atoms with Crippen molar-refractivity contribution in [1.82, 2.24) is 5.32 Å². The molecule has 0 aliphatic rings. The Kier molecular flexibility index (Phi) is 5.88. The molecular weight excluding hydrogens is 260 g/mol. The number of benzene rings is 1. The molecule has 1 aromatic carbocycles. The van der Waals surface area contributed by atoms with Gasteiger partial charge in [0.15, 0.2) is 0 Å². The summed E-state index contributed by atoms with van der Waals surface area (Å²) >= 11 is 0. The van der Waals surface area contributed by atoms with Gasteiger partial charge in [-0.25, -0.2) is 0 Å². The van der Waals surface area contributed by atoms with E-state index in [0.717, 1.165) is 31.9 Å². The van der Waals surface area contributed by atoms with Crippen LogP contribution in [0.1, 0.15) is 32.1 Å². The summed E-state index contributed by atoms with van der Waals surface area (Å²) in [5.74, 6) is 1.69. The molecule has 3 heteroatoms. The van der Waals surface area contributed by atoms with Crippen LogP contribution in [0.4, 0.5) is 5.69 Å². The van der Waals surface area contributed by atoms with Crippen LogP contribution in [0.25, 0.3) is 0 Å². The number of rotatable bonds is 8. The molecule has 0 fully saturated rings. The van der Waals surface area contributed by atoms with Crippen LogP contribution >= 0.6 is 0 Å². The van der Waals surface area contributed by atoms with Crippen molar-refractivity contribution in [3.05, 3.63) is 54.0 Å². The van der Waals surface area contributed by atoms with Crippen molar-refractivity contribution in [2.24, 2.45) is 5.92 Å². The van der Waals surface area contributed by atoms with Gasteiger partial charge in [-0.1, -0.05) is 26.0 Å². The Morgan fingerprint density at radius 1 is 1.14 bits per heavy atom. The standard InChI is InChI=1S/C18H26N2O/c1-4-20(14-18-6-5-11-21-18)17-9-7-16(8-10-17)13-19-12-15(2)3/h5-11,15,19H,4,12-14H2,1-3H3. The van der Waals surface area contributed by atoms with Crippen LogP contribution in [0.5, 0.6) is 0 Å². The Bertz CT molecular complexity index is 503. The summed E-state index contributed by atoms with van der Waals surface area (Å²) in [6, 6.07) is 12.7. The van der Waals surface area contributed by atoms with E-state index in [1.165, 1.54) is 11.3 Å². The van der Waals surface area contributed by atoms with Gasteiger partial charge < -0.3 is 14.6 Å². The number of hydrogen-bond donors (Lipinski definition) is 1. The Balaban J connectivity index is 1.93. The molecule has 3 nitrogen and oxygen atoms in total. The SMILES string of the molecule is CCN(Cc1ccco1)c1ccc(CNCC(C)C)cc1. The zero-order chi connectivity index (χ0) is 15.1. The molecule has 21 heavy (non-hydrogen) atoms. The maximum atomic E-state index is 5.43. The van der Waals surface area contributed by atoms with Crippen molar-refractivity contribution in [3.63, 3.8) is 0 Å².